The molecule has 0 fully saturated rings. The van der Waals surface area contributed by atoms with Crippen LogP contribution in [0.4, 0.5) is 4.39 Å². The van der Waals surface area contributed by atoms with Crippen molar-refractivity contribution < 1.29 is 9.18 Å². The van der Waals surface area contributed by atoms with Crippen LogP contribution in [0.15, 0.2) is 18.3 Å². The van der Waals surface area contributed by atoms with Gasteiger partial charge in [-0.1, -0.05) is 0 Å². The molecule has 0 saturated carbocycles. The Labute approximate surface area is 110 Å². The molecule has 1 N–H and O–H groups in total. The number of hydrogen-bond acceptors (Lipinski definition) is 3. The molecule has 1 amide bonds. The van der Waals surface area contributed by atoms with Crippen LogP contribution in [0.1, 0.15) is 27.3 Å². The number of rotatable bonds is 3. The van der Waals surface area contributed by atoms with Gasteiger partial charge in [0, 0.05) is 42.7 Å². The Morgan fingerprint density at radius 3 is 2.79 bits per heavy atom. The minimum Gasteiger partial charge on any atom is -0.348 e. The molecule has 0 saturated heterocycles. The third-order valence-corrected chi connectivity index (χ3v) is 3.07. The highest BCUT2D eigenvalue weighted by atomic mass is 19.1. The lowest BCUT2D eigenvalue weighted by Crippen LogP contribution is -2.23. The summed E-state index contributed by atoms with van der Waals surface area (Å²) in [5.74, 6) is -0.995. The molecule has 0 aliphatic heterocycles. The number of halogens is 1. The second-order valence-electron chi connectivity index (χ2n) is 4.32. The SMILES string of the molecule is Cc1nn(C)c(C)c1CNC(=O)c1ccnc(F)c1. The van der Waals surface area contributed by atoms with Crippen molar-refractivity contribution in [3.63, 3.8) is 0 Å². The summed E-state index contributed by atoms with van der Waals surface area (Å²) in [6, 6.07) is 2.58. The van der Waals surface area contributed by atoms with E-state index in [4.69, 9.17) is 0 Å². The number of aromatic nitrogens is 3. The summed E-state index contributed by atoms with van der Waals surface area (Å²) >= 11 is 0. The van der Waals surface area contributed by atoms with Crippen molar-refractivity contribution in [3.05, 3.63) is 46.8 Å². The molecular formula is C13H15FN4O. The second kappa shape index (κ2) is 5.17. The highest BCUT2D eigenvalue weighted by Gasteiger charge is 2.12. The summed E-state index contributed by atoms with van der Waals surface area (Å²) in [7, 11) is 1.85. The first-order valence-corrected chi connectivity index (χ1v) is 5.88. The Hall–Kier alpha value is -2.24. The van der Waals surface area contributed by atoms with Crippen LogP contribution >= 0.6 is 0 Å². The molecule has 0 atom stereocenters. The minimum absolute atomic E-state index is 0.256. The summed E-state index contributed by atoms with van der Waals surface area (Å²) in [6.07, 6.45) is 1.27. The standard InChI is InChI=1S/C13H15FN4O/c1-8-11(9(2)18(3)17-8)7-16-13(19)10-4-5-15-12(14)6-10/h4-6H,7H2,1-3H3,(H,16,19). The second-order valence-corrected chi connectivity index (χ2v) is 4.32. The van der Waals surface area contributed by atoms with Gasteiger partial charge in [0.25, 0.3) is 5.91 Å². The van der Waals surface area contributed by atoms with Crippen LogP contribution in [0.3, 0.4) is 0 Å². The maximum absolute atomic E-state index is 12.9. The fraction of sp³-hybridized carbons (Fsp3) is 0.308. The highest BCUT2D eigenvalue weighted by Crippen LogP contribution is 2.11. The summed E-state index contributed by atoms with van der Waals surface area (Å²) in [5.41, 5.74) is 3.11. The zero-order chi connectivity index (χ0) is 14.0. The maximum Gasteiger partial charge on any atom is 0.251 e. The molecule has 0 spiro atoms. The molecule has 0 aliphatic carbocycles. The van der Waals surface area contributed by atoms with E-state index in [-0.39, 0.29) is 11.5 Å². The van der Waals surface area contributed by atoms with Gasteiger partial charge in [-0.05, 0) is 19.9 Å². The first kappa shape index (κ1) is 13.2. The predicted octanol–water partition coefficient (Wildman–Crippen LogP) is 1.50. The topological polar surface area (TPSA) is 59.8 Å². The van der Waals surface area contributed by atoms with Gasteiger partial charge in [0.2, 0.25) is 5.95 Å². The highest BCUT2D eigenvalue weighted by molar-refractivity contribution is 5.93. The van der Waals surface area contributed by atoms with E-state index in [9.17, 15) is 9.18 Å². The fourth-order valence-corrected chi connectivity index (χ4v) is 1.89. The van der Waals surface area contributed by atoms with Gasteiger partial charge < -0.3 is 5.32 Å². The Balaban J connectivity index is 2.09. The molecule has 2 aromatic rings. The number of pyridine rings is 1. The van der Waals surface area contributed by atoms with Crippen LogP contribution in [0.25, 0.3) is 0 Å². The Kier molecular flexibility index (Phi) is 3.59. The fourth-order valence-electron chi connectivity index (χ4n) is 1.89. The van der Waals surface area contributed by atoms with Gasteiger partial charge >= 0.3 is 0 Å². The molecule has 0 radical (unpaired) electrons. The molecule has 5 nitrogen and oxygen atoms in total. The summed E-state index contributed by atoms with van der Waals surface area (Å²) in [4.78, 5) is 15.3. The van der Waals surface area contributed by atoms with E-state index in [1.807, 2.05) is 20.9 Å². The number of nitrogens with one attached hydrogen (secondary N) is 1. The predicted molar refractivity (Wildman–Crippen MR) is 68.0 cm³/mol. The van der Waals surface area contributed by atoms with Crippen molar-refractivity contribution in [2.24, 2.45) is 7.05 Å². The van der Waals surface area contributed by atoms with E-state index in [1.165, 1.54) is 12.3 Å². The van der Waals surface area contributed by atoms with Crippen molar-refractivity contribution in [1.82, 2.24) is 20.1 Å². The lowest BCUT2D eigenvalue weighted by molar-refractivity contribution is 0.0950. The number of aryl methyl sites for hydroxylation is 2. The van der Waals surface area contributed by atoms with E-state index < -0.39 is 5.95 Å². The van der Waals surface area contributed by atoms with Crippen molar-refractivity contribution in [2.75, 3.05) is 0 Å². The molecular weight excluding hydrogens is 247 g/mol. The molecule has 2 heterocycles. The van der Waals surface area contributed by atoms with Crippen LogP contribution in [-0.2, 0) is 13.6 Å². The third kappa shape index (κ3) is 2.78. The van der Waals surface area contributed by atoms with E-state index in [0.717, 1.165) is 23.0 Å². The van der Waals surface area contributed by atoms with E-state index in [1.54, 1.807) is 4.68 Å². The van der Waals surface area contributed by atoms with Crippen molar-refractivity contribution in [1.29, 1.82) is 0 Å². The van der Waals surface area contributed by atoms with Crippen LogP contribution in [-0.4, -0.2) is 20.7 Å². The number of hydrogen-bond donors (Lipinski definition) is 1. The van der Waals surface area contributed by atoms with Crippen LogP contribution in [0.5, 0.6) is 0 Å². The summed E-state index contributed by atoms with van der Waals surface area (Å²) in [5, 5.41) is 7.02. The van der Waals surface area contributed by atoms with E-state index in [0.29, 0.717) is 6.54 Å². The Morgan fingerprint density at radius 1 is 1.47 bits per heavy atom. The lowest BCUT2D eigenvalue weighted by atomic mass is 10.2. The van der Waals surface area contributed by atoms with Gasteiger partial charge in [0.1, 0.15) is 0 Å². The molecule has 0 bridgehead atoms. The van der Waals surface area contributed by atoms with Gasteiger partial charge in [0.15, 0.2) is 0 Å². The minimum atomic E-state index is -0.665. The van der Waals surface area contributed by atoms with Crippen LogP contribution in [0, 0.1) is 19.8 Å². The number of amides is 1. The smallest absolute Gasteiger partial charge is 0.251 e. The van der Waals surface area contributed by atoms with E-state index in [2.05, 4.69) is 15.4 Å². The molecule has 6 heteroatoms. The molecule has 0 aromatic carbocycles. The average Bonchev–Trinajstić information content (AvgIpc) is 2.61. The molecule has 0 unspecified atom stereocenters. The summed E-state index contributed by atoms with van der Waals surface area (Å²) in [6.45, 7) is 4.20. The number of carbonyl (C=O) groups excluding carboxylic acids is 1. The zero-order valence-corrected chi connectivity index (χ0v) is 11.1. The molecule has 100 valence electrons. The first-order valence-electron chi connectivity index (χ1n) is 5.88. The normalized spacial score (nSPS) is 10.5. The maximum atomic E-state index is 12.9. The van der Waals surface area contributed by atoms with Crippen molar-refractivity contribution in [2.45, 2.75) is 20.4 Å². The van der Waals surface area contributed by atoms with Gasteiger partial charge in [-0.25, -0.2) is 4.98 Å². The molecule has 2 rings (SSSR count). The Morgan fingerprint density at radius 2 is 2.21 bits per heavy atom. The van der Waals surface area contributed by atoms with Crippen molar-refractivity contribution >= 4 is 5.91 Å². The first-order chi connectivity index (χ1) is 8.99. The Bertz CT molecular complexity index is 621. The zero-order valence-electron chi connectivity index (χ0n) is 11.1. The molecule has 0 aliphatic rings. The monoisotopic (exact) mass is 262 g/mol. The summed E-state index contributed by atoms with van der Waals surface area (Å²) < 4.78 is 14.7. The number of carbonyl (C=O) groups is 1. The van der Waals surface area contributed by atoms with Gasteiger partial charge in [-0.2, -0.15) is 9.49 Å². The molecule has 19 heavy (non-hydrogen) atoms. The van der Waals surface area contributed by atoms with Gasteiger partial charge in [-0.3, -0.25) is 9.48 Å². The van der Waals surface area contributed by atoms with Crippen molar-refractivity contribution in [3.8, 4) is 0 Å². The quantitative estimate of drug-likeness (QED) is 0.853. The molecule has 2 aromatic heterocycles. The largest absolute Gasteiger partial charge is 0.348 e. The van der Waals surface area contributed by atoms with Crippen LogP contribution in [0.2, 0.25) is 0 Å². The van der Waals surface area contributed by atoms with Gasteiger partial charge in [0.05, 0.1) is 5.69 Å². The van der Waals surface area contributed by atoms with E-state index >= 15 is 0 Å². The third-order valence-electron chi connectivity index (χ3n) is 3.07. The number of nitrogens with zero attached hydrogens (tertiary/aromatic N) is 3. The van der Waals surface area contributed by atoms with Crippen LogP contribution < -0.4 is 5.32 Å². The van der Waals surface area contributed by atoms with Gasteiger partial charge in [-0.15, -0.1) is 0 Å². The average molecular weight is 262 g/mol. The lowest BCUT2D eigenvalue weighted by Gasteiger charge is -2.05.